The predicted molar refractivity (Wildman–Crippen MR) is 78.8 cm³/mol. The van der Waals surface area contributed by atoms with E-state index >= 15 is 0 Å². The summed E-state index contributed by atoms with van der Waals surface area (Å²) >= 11 is 0. The molecule has 0 saturated heterocycles. The highest BCUT2D eigenvalue weighted by atomic mass is 16.5. The van der Waals surface area contributed by atoms with Gasteiger partial charge in [0.15, 0.2) is 0 Å². The number of hydrogen-bond donors (Lipinski definition) is 1. The minimum absolute atomic E-state index is 0.0359. The molecule has 0 bridgehead atoms. The second-order valence-electron chi connectivity index (χ2n) is 4.34. The lowest BCUT2D eigenvalue weighted by molar-refractivity contribution is -0.136. The van der Waals surface area contributed by atoms with E-state index in [1.165, 1.54) is 0 Å². The fraction of sp³-hybridized carbons (Fsp3) is 0.118. The first-order valence-electron chi connectivity index (χ1n) is 6.39. The normalized spacial score (nSPS) is 10.6. The van der Waals surface area contributed by atoms with Gasteiger partial charge < -0.3 is 9.84 Å². The van der Waals surface area contributed by atoms with Gasteiger partial charge >= 0.3 is 5.97 Å². The zero-order valence-corrected chi connectivity index (χ0v) is 11.0. The molecular formula is C17H16O3. The Bertz CT molecular complexity index is 571. The van der Waals surface area contributed by atoms with Crippen LogP contribution in [0.2, 0.25) is 0 Å². The Balaban J connectivity index is 1.82. The van der Waals surface area contributed by atoms with Gasteiger partial charge in [0.05, 0.1) is 6.42 Å². The van der Waals surface area contributed by atoms with E-state index in [0.717, 1.165) is 16.9 Å². The van der Waals surface area contributed by atoms with Crippen molar-refractivity contribution >= 4 is 12.0 Å². The second-order valence-corrected chi connectivity index (χ2v) is 4.34. The minimum atomic E-state index is -0.829. The van der Waals surface area contributed by atoms with Gasteiger partial charge in [-0.25, -0.2) is 0 Å². The summed E-state index contributed by atoms with van der Waals surface area (Å²) in [7, 11) is 0. The Morgan fingerprint density at radius 1 is 1.05 bits per heavy atom. The van der Waals surface area contributed by atoms with Gasteiger partial charge in [-0.1, -0.05) is 48.5 Å². The average Bonchev–Trinajstić information content (AvgIpc) is 2.46. The van der Waals surface area contributed by atoms with Crippen molar-refractivity contribution in [2.24, 2.45) is 0 Å². The summed E-state index contributed by atoms with van der Waals surface area (Å²) < 4.78 is 5.55. The van der Waals surface area contributed by atoms with Crippen LogP contribution in [-0.2, 0) is 11.2 Å². The summed E-state index contributed by atoms with van der Waals surface area (Å²) in [6, 6.07) is 17.1. The van der Waals surface area contributed by atoms with Gasteiger partial charge in [-0.05, 0) is 29.3 Å². The average molecular weight is 268 g/mol. The topological polar surface area (TPSA) is 46.5 Å². The predicted octanol–water partition coefficient (Wildman–Crippen LogP) is 3.41. The minimum Gasteiger partial charge on any atom is -0.490 e. The molecule has 0 atom stereocenters. The third-order valence-corrected chi connectivity index (χ3v) is 2.73. The molecule has 0 aliphatic carbocycles. The SMILES string of the molecule is O=C(O)Cc1ccc(OC/C=C/c2ccccc2)cc1. The number of hydrogen-bond acceptors (Lipinski definition) is 2. The summed E-state index contributed by atoms with van der Waals surface area (Å²) in [6.07, 6.45) is 3.98. The third-order valence-electron chi connectivity index (χ3n) is 2.73. The van der Waals surface area contributed by atoms with Crippen LogP contribution < -0.4 is 4.74 Å². The number of carboxylic acid groups (broad SMARTS) is 1. The molecule has 2 aromatic rings. The van der Waals surface area contributed by atoms with E-state index in [9.17, 15) is 4.79 Å². The van der Waals surface area contributed by atoms with Crippen LogP contribution in [0.1, 0.15) is 11.1 Å². The van der Waals surface area contributed by atoms with Crippen LogP contribution in [0.25, 0.3) is 6.08 Å². The summed E-state index contributed by atoms with van der Waals surface area (Å²) in [5.41, 5.74) is 1.90. The van der Waals surface area contributed by atoms with E-state index in [4.69, 9.17) is 9.84 Å². The molecule has 0 radical (unpaired) electrons. The molecule has 0 aliphatic rings. The van der Waals surface area contributed by atoms with Gasteiger partial charge in [-0.2, -0.15) is 0 Å². The molecule has 1 N–H and O–H groups in total. The van der Waals surface area contributed by atoms with Crippen LogP contribution in [0.3, 0.4) is 0 Å². The quantitative estimate of drug-likeness (QED) is 0.873. The first-order valence-corrected chi connectivity index (χ1v) is 6.39. The van der Waals surface area contributed by atoms with E-state index in [1.807, 2.05) is 42.5 Å². The molecule has 3 heteroatoms. The Labute approximate surface area is 118 Å². The van der Waals surface area contributed by atoms with E-state index in [-0.39, 0.29) is 6.42 Å². The van der Waals surface area contributed by atoms with E-state index in [2.05, 4.69) is 0 Å². The molecule has 2 rings (SSSR count). The van der Waals surface area contributed by atoms with Crippen LogP contribution in [-0.4, -0.2) is 17.7 Å². The van der Waals surface area contributed by atoms with E-state index in [0.29, 0.717) is 6.61 Å². The van der Waals surface area contributed by atoms with Gasteiger partial charge in [0.1, 0.15) is 12.4 Å². The maximum absolute atomic E-state index is 10.6. The van der Waals surface area contributed by atoms with Gasteiger partial charge in [0.2, 0.25) is 0 Å². The van der Waals surface area contributed by atoms with Crippen LogP contribution >= 0.6 is 0 Å². The van der Waals surface area contributed by atoms with Gasteiger partial charge in [-0.15, -0.1) is 0 Å². The van der Waals surface area contributed by atoms with E-state index < -0.39 is 5.97 Å². The monoisotopic (exact) mass is 268 g/mol. The number of ether oxygens (including phenoxy) is 1. The molecule has 0 unspecified atom stereocenters. The molecular weight excluding hydrogens is 252 g/mol. The highest BCUT2D eigenvalue weighted by Gasteiger charge is 2.00. The van der Waals surface area contributed by atoms with Crippen LogP contribution in [0.15, 0.2) is 60.7 Å². The Hall–Kier alpha value is -2.55. The molecule has 20 heavy (non-hydrogen) atoms. The molecule has 2 aromatic carbocycles. The number of rotatable bonds is 6. The maximum Gasteiger partial charge on any atom is 0.307 e. The molecule has 0 spiro atoms. The van der Waals surface area contributed by atoms with Gasteiger partial charge in [-0.3, -0.25) is 4.79 Å². The Kier molecular flexibility index (Phi) is 4.95. The summed E-state index contributed by atoms with van der Waals surface area (Å²) in [4.78, 5) is 10.6. The Morgan fingerprint density at radius 2 is 1.75 bits per heavy atom. The highest BCUT2D eigenvalue weighted by molar-refractivity contribution is 5.70. The molecule has 0 fully saturated rings. The maximum atomic E-state index is 10.6. The zero-order valence-electron chi connectivity index (χ0n) is 11.0. The van der Waals surface area contributed by atoms with Gasteiger partial charge in [0, 0.05) is 0 Å². The largest absolute Gasteiger partial charge is 0.490 e. The summed E-state index contributed by atoms with van der Waals surface area (Å²) in [6.45, 7) is 0.479. The van der Waals surface area contributed by atoms with Gasteiger partial charge in [0.25, 0.3) is 0 Å². The van der Waals surface area contributed by atoms with Crippen molar-refractivity contribution in [1.29, 1.82) is 0 Å². The molecule has 0 aliphatic heterocycles. The lowest BCUT2D eigenvalue weighted by Crippen LogP contribution is -2.00. The van der Waals surface area contributed by atoms with Crippen molar-refractivity contribution in [1.82, 2.24) is 0 Å². The number of carbonyl (C=O) groups is 1. The lowest BCUT2D eigenvalue weighted by Gasteiger charge is -2.04. The number of benzene rings is 2. The molecule has 3 nitrogen and oxygen atoms in total. The van der Waals surface area contributed by atoms with Crippen molar-refractivity contribution in [2.45, 2.75) is 6.42 Å². The van der Waals surface area contributed by atoms with Crippen molar-refractivity contribution in [2.75, 3.05) is 6.61 Å². The summed E-state index contributed by atoms with van der Waals surface area (Å²) in [5, 5.41) is 8.68. The van der Waals surface area contributed by atoms with Crippen LogP contribution in [0.4, 0.5) is 0 Å². The third kappa shape index (κ3) is 4.61. The van der Waals surface area contributed by atoms with Crippen LogP contribution in [0, 0.1) is 0 Å². The standard InChI is InChI=1S/C17H16O3/c18-17(19)13-15-8-10-16(11-9-15)20-12-4-7-14-5-2-1-3-6-14/h1-11H,12-13H2,(H,18,19)/b7-4+. The Morgan fingerprint density at radius 3 is 2.40 bits per heavy atom. The molecule has 0 aromatic heterocycles. The number of carboxylic acids is 1. The fourth-order valence-electron chi connectivity index (χ4n) is 1.77. The van der Waals surface area contributed by atoms with Crippen molar-refractivity contribution < 1.29 is 14.6 Å². The molecule has 0 heterocycles. The van der Waals surface area contributed by atoms with Crippen LogP contribution in [0.5, 0.6) is 5.75 Å². The highest BCUT2D eigenvalue weighted by Crippen LogP contribution is 2.12. The summed E-state index contributed by atoms with van der Waals surface area (Å²) in [5.74, 6) is -0.0960. The fourth-order valence-corrected chi connectivity index (χ4v) is 1.77. The first-order chi connectivity index (χ1) is 9.74. The van der Waals surface area contributed by atoms with Crippen molar-refractivity contribution in [3.8, 4) is 5.75 Å². The van der Waals surface area contributed by atoms with E-state index in [1.54, 1.807) is 24.3 Å². The first kappa shape index (κ1) is 13.9. The lowest BCUT2D eigenvalue weighted by atomic mass is 10.1. The molecule has 0 saturated carbocycles. The number of aliphatic carboxylic acids is 1. The van der Waals surface area contributed by atoms with Crippen molar-refractivity contribution in [3.63, 3.8) is 0 Å². The van der Waals surface area contributed by atoms with Crippen molar-refractivity contribution in [3.05, 3.63) is 71.8 Å². The smallest absolute Gasteiger partial charge is 0.307 e. The molecule has 102 valence electrons. The molecule has 0 amide bonds. The zero-order chi connectivity index (χ0) is 14.2. The second kappa shape index (κ2) is 7.14.